The summed E-state index contributed by atoms with van der Waals surface area (Å²) < 4.78 is 0. The number of anilines is 2. The molecule has 2 aliphatic rings. The number of benzene rings is 3. The Bertz CT molecular complexity index is 1160. The SMILES string of the molecule is O=C(C1=NN(c2ccccc2)[C@H]2C(=O)N(c3ccccc3)C(=O)[C@@H]12)c1ccccc1. The molecule has 0 bridgehead atoms. The molecule has 2 atom stereocenters. The average Bonchev–Trinajstić information content (AvgIpc) is 3.32. The molecule has 146 valence electrons. The first kappa shape index (κ1) is 18.0. The van der Waals surface area contributed by atoms with E-state index >= 15 is 0 Å². The molecule has 0 unspecified atom stereocenters. The second-order valence-corrected chi connectivity index (χ2v) is 7.13. The molecule has 3 aromatic carbocycles. The maximum absolute atomic E-state index is 13.4. The molecule has 2 heterocycles. The molecule has 6 nitrogen and oxygen atoms in total. The smallest absolute Gasteiger partial charge is 0.259 e. The van der Waals surface area contributed by atoms with Crippen LogP contribution in [0.25, 0.3) is 0 Å². The van der Waals surface area contributed by atoms with Crippen molar-refractivity contribution in [1.82, 2.24) is 0 Å². The van der Waals surface area contributed by atoms with Crippen LogP contribution in [-0.4, -0.2) is 29.4 Å². The van der Waals surface area contributed by atoms with E-state index in [-0.39, 0.29) is 17.4 Å². The molecule has 0 aromatic heterocycles. The van der Waals surface area contributed by atoms with Crippen molar-refractivity contribution in [2.75, 3.05) is 9.91 Å². The summed E-state index contributed by atoms with van der Waals surface area (Å²) in [5.41, 5.74) is 1.66. The number of rotatable bonds is 4. The molecule has 0 radical (unpaired) electrons. The van der Waals surface area contributed by atoms with E-state index < -0.39 is 17.9 Å². The van der Waals surface area contributed by atoms with Gasteiger partial charge in [0.05, 0.1) is 11.4 Å². The van der Waals surface area contributed by atoms with Crippen molar-refractivity contribution in [2.24, 2.45) is 11.0 Å². The first-order valence-corrected chi connectivity index (χ1v) is 9.62. The minimum atomic E-state index is -0.953. The highest BCUT2D eigenvalue weighted by molar-refractivity contribution is 6.53. The quantitative estimate of drug-likeness (QED) is 0.502. The van der Waals surface area contributed by atoms with Crippen molar-refractivity contribution in [3.63, 3.8) is 0 Å². The summed E-state index contributed by atoms with van der Waals surface area (Å²) in [7, 11) is 0. The van der Waals surface area contributed by atoms with Crippen molar-refractivity contribution in [1.29, 1.82) is 0 Å². The lowest BCUT2D eigenvalue weighted by Gasteiger charge is -2.22. The molecular weight excluding hydrogens is 378 g/mol. The Balaban J connectivity index is 1.62. The van der Waals surface area contributed by atoms with Gasteiger partial charge in [-0.15, -0.1) is 0 Å². The number of ketones is 1. The Kier molecular flexibility index (Phi) is 4.25. The Morgan fingerprint density at radius 1 is 0.700 bits per heavy atom. The molecule has 0 N–H and O–H groups in total. The summed E-state index contributed by atoms with van der Waals surface area (Å²) in [5, 5.41) is 5.98. The lowest BCUT2D eigenvalue weighted by molar-refractivity contribution is -0.121. The van der Waals surface area contributed by atoms with Crippen LogP contribution in [0.2, 0.25) is 0 Å². The average molecular weight is 395 g/mol. The number of Topliss-reactive ketones (excluding diaryl/α,β-unsaturated/α-hetero) is 1. The summed E-state index contributed by atoms with van der Waals surface area (Å²) in [4.78, 5) is 41.1. The zero-order valence-electron chi connectivity index (χ0n) is 15.9. The summed E-state index contributed by atoms with van der Waals surface area (Å²) in [6, 6.07) is 25.7. The van der Waals surface area contributed by atoms with E-state index in [1.165, 1.54) is 5.01 Å². The second-order valence-electron chi connectivity index (χ2n) is 7.13. The van der Waals surface area contributed by atoms with Gasteiger partial charge in [0.2, 0.25) is 11.7 Å². The fraction of sp³-hybridized carbons (Fsp3) is 0.0833. The van der Waals surface area contributed by atoms with Crippen LogP contribution in [0, 0.1) is 5.92 Å². The largest absolute Gasteiger partial charge is 0.287 e. The third-order valence-corrected chi connectivity index (χ3v) is 5.35. The molecular formula is C24H17N3O3. The monoisotopic (exact) mass is 395 g/mol. The molecule has 2 amide bonds. The number of carbonyl (C=O) groups excluding carboxylic acids is 3. The number of imide groups is 1. The van der Waals surface area contributed by atoms with Gasteiger partial charge < -0.3 is 0 Å². The minimum absolute atomic E-state index is 0.0897. The molecule has 30 heavy (non-hydrogen) atoms. The van der Waals surface area contributed by atoms with Gasteiger partial charge in [0.25, 0.3) is 5.91 Å². The normalized spacial score (nSPS) is 20.3. The fourth-order valence-electron chi connectivity index (χ4n) is 3.97. The highest BCUT2D eigenvalue weighted by Crippen LogP contribution is 2.38. The number of hydrogen-bond acceptors (Lipinski definition) is 5. The third-order valence-electron chi connectivity index (χ3n) is 5.35. The van der Waals surface area contributed by atoms with Gasteiger partial charge in [0.15, 0.2) is 0 Å². The van der Waals surface area contributed by atoms with Gasteiger partial charge in [-0.3, -0.25) is 19.4 Å². The Morgan fingerprint density at radius 2 is 1.23 bits per heavy atom. The zero-order valence-corrected chi connectivity index (χ0v) is 15.9. The minimum Gasteiger partial charge on any atom is -0.287 e. The van der Waals surface area contributed by atoms with Crippen molar-refractivity contribution < 1.29 is 14.4 Å². The van der Waals surface area contributed by atoms with Gasteiger partial charge in [-0.25, -0.2) is 4.90 Å². The summed E-state index contributed by atoms with van der Waals surface area (Å²) >= 11 is 0. The van der Waals surface area contributed by atoms with Gasteiger partial charge in [0, 0.05) is 5.56 Å². The van der Waals surface area contributed by atoms with E-state index in [2.05, 4.69) is 5.10 Å². The van der Waals surface area contributed by atoms with Crippen LogP contribution >= 0.6 is 0 Å². The predicted octanol–water partition coefficient (Wildman–Crippen LogP) is 3.30. The Morgan fingerprint density at radius 3 is 1.83 bits per heavy atom. The highest BCUT2D eigenvalue weighted by Gasteiger charge is 2.58. The van der Waals surface area contributed by atoms with E-state index in [0.29, 0.717) is 16.9 Å². The van der Waals surface area contributed by atoms with Crippen LogP contribution in [0.1, 0.15) is 10.4 Å². The van der Waals surface area contributed by atoms with Gasteiger partial charge >= 0.3 is 0 Å². The van der Waals surface area contributed by atoms with Crippen molar-refractivity contribution >= 4 is 34.7 Å². The molecule has 0 saturated carbocycles. The number of carbonyl (C=O) groups is 3. The lowest BCUT2D eigenvalue weighted by Crippen LogP contribution is -2.39. The molecule has 1 saturated heterocycles. The summed E-state index contributed by atoms with van der Waals surface area (Å²) in [5.74, 6) is -2.12. The third kappa shape index (κ3) is 2.73. The van der Waals surface area contributed by atoms with Gasteiger partial charge in [-0.05, 0) is 24.3 Å². The van der Waals surface area contributed by atoms with Crippen LogP contribution < -0.4 is 9.91 Å². The van der Waals surface area contributed by atoms with Gasteiger partial charge in [-0.2, -0.15) is 5.10 Å². The van der Waals surface area contributed by atoms with Crippen molar-refractivity contribution in [2.45, 2.75) is 6.04 Å². The standard InChI is InChI=1S/C24H17N3O3/c28-22(16-10-4-1-5-11-16)20-19-21(27(25-20)18-14-8-3-9-15-18)24(30)26(23(19)29)17-12-6-2-7-13-17/h1-15,19,21H/t19-,21+/m0/s1. The summed E-state index contributed by atoms with van der Waals surface area (Å²) in [6.45, 7) is 0. The number of nitrogens with zero attached hydrogens (tertiary/aromatic N) is 3. The fourth-order valence-corrected chi connectivity index (χ4v) is 3.97. The van der Waals surface area contributed by atoms with Gasteiger partial charge in [0.1, 0.15) is 17.7 Å². The molecule has 0 spiro atoms. The van der Waals surface area contributed by atoms with Crippen LogP contribution in [-0.2, 0) is 9.59 Å². The van der Waals surface area contributed by atoms with E-state index in [1.54, 1.807) is 60.7 Å². The van der Waals surface area contributed by atoms with Crippen LogP contribution in [0.5, 0.6) is 0 Å². The topological polar surface area (TPSA) is 70.1 Å². The van der Waals surface area contributed by atoms with Crippen LogP contribution in [0.15, 0.2) is 96.1 Å². The van der Waals surface area contributed by atoms with Gasteiger partial charge in [-0.1, -0.05) is 66.7 Å². The number of hydrogen-bond donors (Lipinski definition) is 0. The Labute approximate surface area is 173 Å². The van der Waals surface area contributed by atoms with Crippen molar-refractivity contribution in [3.05, 3.63) is 96.6 Å². The molecule has 5 rings (SSSR count). The maximum Gasteiger partial charge on any atom is 0.259 e. The molecule has 0 aliphatic carbocycles. The Hall–Kier alpha value is -4.06. The highest BCUT2D eigenvalue weighted by atomic mass is 16.2. The zero-order chi connectivity index (χ0) is 20.7. The number of fused-ring (bicyclic) bond motifs is 1. The molecule has 6 heteroatoms. The number of hydrazone groups is 1. The molecule has 2 aliphatic heterocycles. The van der Waals surface area contributed by atoms with Crippen molar-refractivity contribution in [3.8, 4) is 0 Å². The molecule has 1 fully saturated rings. The van der Waals surface area contributed by atoms with E-state index in [4.69, 9.17) is 0 Å². The summed E-state index contributed by atoms with van der Waals surface area (Å²) in [6.07, 6.45) is 0. The van der Waals surface area contributed by atoms with Crippen LogP contribution in [0.3, 0.4) is 0 Å². The van der Waals surface area contributed by atoms with E-state index in [1.807, 2.05) is 30.3 Å². The first-order valence-electron chi connectivity index (χ1n) is 9.62. The number of amides is 2. The maximum atomic E-state index is 13.4. The molecule has 3 aromatic rings. The first-order chi connectivity index (χ1) is 14.7. The second kappa shape index (κ2) is 7.08. The number of para-hydroxylation sites is 2. The lowest BCUT2D eigenvalue weighted by atomic mass is 9.92. The predicted molar refractivity (Wildman–Crippen MR) is 113 cm³/mol. The van der Waals surface area contributed by atoms with E-state index in [9.17, 15) is 14.4 Å². The van der Waals surface area contributed by atoms with Crippen LogP contribution in [0.4, 0.5) is 11.4 Å². The van der Waals surface area contributed by atoms with E-state index in [0.717, 1.165) is 4.90 Å².